The fraction of sp³-hybridized carbons (Fsp3) is 0.444. The molecule has 0 bridgehead atoms. The van der Waals surface area contributed by atoms with Crippen molar-refractivity contribution >= 4 is 34.5 Å². The number of rotatable bonds is 8. The number of halogens is 1. The molecule has 0 radical (unpaired) electrons. The number of benzene rings is 2. The van der Waals surface area contributed by atoms with Crippen LogP contribution in [-0.2, 0) is 13.0 Å². The van der Waals surface area contributed by atoms with Gasteiger partial charge in [0.05, 0.1) is 18.7 Å². The molecule has 0 saturated heterocycles. The highest BCUT2D eigenvalue weighted by atomic mass is 79.9. The van der Waals surface area contributed by atoms with Crippen LogP contribution in [-0.4, -0.2) is 47.7 Å². The van der Waals surface area contributed by atoms with E-state index in [1.165, 1.54) is 0 Å². The number of Topliss-reactive ketones (excluding diaryl/α,β-unsaturated/α-hetero) is 1. The summed E-state index contributed by atoms with van der Waals surface area (Å²) in [5.41, 5.74) is 4.15. The first kappa shape index (κ1) is 26.7. The van der Waals surface area contributed by atoms with Gasteiger partial charge in [-0.1, -0.05) is 19.8 Å². The first-order valence-corrected chi connectivity index (χ1v) is 12.1. The lowest BCUT2D eigenvalue weighted by molar-refractivity contribution is 0.0953. The number of nitrogens with zero attached hydrogens (tertiary/aromatic N) is 1. The van der Waals surface area contributed by atoms with E-state index in [1.54, 1.807) is 30.1 Å². The van der Waals surface area contributed by atoms with Crippen molar-refractivity contribution in [2.45, 2.75) is 58.4 Å². The first-order chi connectivity index (χ1) is 16.4. The molecule has 0 aromatic heterocycles. The van der Waals surface area contributed by atoms with Gasteiger partial charge in [-0.15, -0.1) is 17.0 Å². The number of nitrogens with one attached hydrogen (secondary N) is 2. The van der Waals surface area contributed by atoms with Crippen molar-refractivity contribution in [1.82, 2.24) is 10.2 Å². The second kappa shape index (κ2) is 11.2. The number of amides is 1. The molecule has 0 atom stereocenters. The molecule has 1 aliphatic heterocycles. The second-order valence-corrected chi connectivity index (χ2v) is 9.05. The molecule has 1 aliphatic carbocycles. The highest BCUT2D eigenvalue weighted by molar-refractivity contribution is 8.93. The Kier molecular flexibility index (Phi) is 8.59. The third-order valence-electron chi connectivity index (χ3n) is 6.96. The SMILES string of the molecule is Br.CCOc1cc2c(cc1C(=O)NC)C(=N)N(CC(=O)c1cc(CC)c(O)c(C3CCCC3)c1)C2. The zero-order valence-corrected chi connectivity index (χ0v) is 22.3. The van der Waals surface area contributed by atoms with Gasteiger partial charge in [0.1, 0.15) is 17.3 Å². The van der Waals surface area contributed by atoms with Crippen molar-refractivity contribution in [3.63, 3.8) is 0 Å². The maximum atomic E-state index is 13.3. The van der Waals surface area contributed by atoms with Gasteiger partial charge in [-0.05, 0) is 73.1 Å². The molecule has 1 saturated carbocycles. The van der Waals surface area contributed by atoms with E-state index < -0.39 is 0 Å². The molecule has 0 spiro atoms. The van der Waals surface area contributed by atoms with Gasteiger partial charge in [0.15, 0.2) is 5.78 Å². The summed E-state index contributed by atoms with van der Waals surface area (Å²) in [5, 5.41) is 22.0. The summed E-state index contributed by atoms with van der Waals surface area (Å²) in [5.74, 6) is 0.980. The minimum Gasteiger partial charge on any atom is -0.507 e. The van der Waals surface area contributed by atoms with Crippen molar-refractivity contribution in [1.29, 1.82) is 5.41 Å². The number of ether oxygens (including phenoxy) is 1. The Morgan fingerprint density at radius 2 is 1.89 bits per heavy atom. The van der Waals surface area contributed by atoms with Crippen LogP contribution in [0.4, 0.5) is 0 Å². The second-order valence-electron chi connectivity index (χ2n) is 9.05. The molecular weight excluding hydrogens is 510 g/mol. The van der Waals surface area contributed by atoms with Gasteiger partial charge < -0.3 is 20.1 Å². The van der Waals surface area contributed by atoms with E-state index in [4.69, 9.17) is 10.1 Å². The van der Waals surface area contributed by atoms with E-state index >= 15 is 0 Å². The molecule has 2 aliphatic rings. The molecule has 1 heterocycles. The van der Waals surface area contributed by atoms with Crippen LogP contribution >= 0.6 is 17.0 Å². The lowest BCUT2D eigenvalue weighted by Crippen LogP contribution is -2.30. The number of aromatic hydroxyl groups is 1. The smallest absolute Gasteiger partial charge is 0.254 e. The Labute approximate surface area is 217 Å². The minimum absolute atomic E-state index is 0. The highest BCUT2D eigenvalue weighted by Gasteiger charge is 2.30. The molecule has 1 amide bonds. The Bertz CT molecular complexity index is 1140. The lowest BCUT2D eigenvalue weighted by Gasteiger charge is -2.19. The van der Waals surface area contributed by atoms with Crippen molar-refractivity contribution in [3.05, 3.63) is 57.6 Å². The molecule has 2 aromatic carbocycles. The summed E-state index contributed by atoms with van der Waals surface area (Å²) in [4.78, 5) is 27.4. The van der Waals surface area contributed by atoms with Gasteiger partial charge in [0.2, 0.25) is 0 Å². The van der Waals surface area contributed by atoms with Gasteiger partial charge in [0, 0.05) is 24.7 Å². The number of hydrogen-bond donors (Lipinski definition) is 3. The summed E-state index contributed by atoms with van der Waals surface area (Å²) in [7, 11) is 1.56. The zero-order valence-electron chi connectivity index (χ0n) is 20.6. The monoisotopic (exact) mass is 543 g/mol. The molecule has 3 N–H and O–H groups in total. The van der Waals surface area contributed by atoms with Gasteiger partial charge in [-0.2, -0.15) is 0 Å². The molecule has 4 rings (SSSR count). The summed E-state index contributed by atoms with van der Waals surface area (Å²) >= 11 is 0. The molecule has 35 heavy (non-hydrogen) atoms. The molecule has 2 aromatic rings. The predicted octanol–water partition coefficient (Wildman–Crippen LogP) is 4.97. The first-order valence-electron chi connectivity index (χ1n) is 12.1. The summed E-state index contributed by atoms with van der Waals surface area (Å²) < 4.78 is 5.66. The average molecular weight is 544 g/mol. The van der Waals surface area contributed by atoms with E-state index in [0.29, 0.717) is 53.7 Å². The topological polar surface area (TPSA) is 103 Å². The predicted molar refractivity (Wildman–Crippen MR) is 142 cm³/mol. The van der Waals surface area contributed by atoms with Crippen LogP contribution in [0.2, 0.25) is 0 Å². The van der Waals surface area contributed by atoms with Crippen LogP contribution in [0.1, 0.15) is 88.4 Å². The molecular formula is C27H34BrN3O4. The van der Waals surface area contributed by atoms with Gasteiger partial charge in [-0.3, -0.25) is 15.0 Å². The summed E-state index contributed by atoms with van der Waals surface area (Å²) in [6.07, 6.45) is 5.02. The van der Waals surface area contributed by atoms with Crippen LogP contribution in [0.5, 0.6) is 11.5 Å². The Hall–Kier alpha value is -2.87. The fourth-order valence-corrected chi connectivity index (χ4v) is 5.11. The normalized spacial score (nSPS) is 15.1. The number of phenols is 1. The number of fused-ring (bicyclic) bond motifs is 1. The van der Waals surface area contributed by atoms with Crippen molar-refractivity contribution in [2.24, 2.45) is 0 Å². The number of amidine groups is 1. The number of hydrogen-bond acceptors (Lipinski definition) is 5. The molecule has 8 heteroatoms. The van der Waals surface area contributed by atoms with Crippen LogP contribution in [0.15, 0.2) is 24.3 Å². The van der Waals surface area contributed by atoms with E-state index in [2.05, 4.69) is 5.32 Å². The number of carbonyl (C=O) groups is 2. The number of carbonyl (C=O) groups excluding carboxylic acids is 2. The maximum absolute atomic E-state index is 13.3. The molecule has 0 unspecified atom stereocenters. The largest absolute Gasteiger partial charge is 0.507 e. The average Bonchev–Trinajstić information content (AvgIpc) is 3.47. The number of phenolic OH excluding ortho intramolecular Hbond substituents is 1. The lowest BCUT2D eigenvalue weighted by atomic mass is 9.90. The molecule has 1 fully saturated rings. The summed E-state index contributed by atoms with van der Waals surface area (Å²) in [6.45, 7) is 4.73. The van der Waals surface area contributed by atoms with Crippen LogP contribution < -0.4 is 10.1 Å². The zero-order chi connectivity index (χ0) is 24.4. The quantitative estimate of drug-likeness (QED) is 0.408. The van der Waals surface area contributed by atoms with Gasteiger partial charge in [0.25, 0.3) is 5.91 Å². The third kappa shape index (κ3) is 5.22. The van der Waals surface area contributed by atoms with Crippen LogP contribution in [0.25, 0.3) is 0 Å². The number of aryl methyl sites for hydroxylation is 1. The third-order valence-corrected chi connectivity index (χ3v) is 6.96. The Morgan fingerprint density at radius 3 is 2.51 bits per heavy atom. The van der Waals surface area contributed by atoms with E-state index in [-0.39, 0.29) is 41.1 Å². The molecule has 7 nitrogen and oxygen atoms in total. The maximum Gasteiger partial charge on any atom is 0.254 e. The van der Waals surface area contributed by atoms with Crippen molar-refractivity contribution < 1.29 is 19.4 Å². The Balaban J connectivity index is 0.00000342. The van der Waals surface area contributed by atoms with Crippen molar-refractivity contribution in [3.8, 4) is 11.5 Å². The fourth-order valence-electron chi connectivity index (χ4n) is 5.11. The minimum atomic E-state index is -0.274. The molecule has 188 valence electrons. The van der Waals surface area contributed by atoms with Gasteiger partial charge in [-0.25, -0.2) is 0 Å². The van der Waals surface area contributed by atoms with E-state index in [1.807, 2.05) is 19.9 Å². The Morgan fingerprint density at radius 1 is 1.17 bits per heavy atom. The van der Waals surface area contributed by atoms with Gasteiger partial charge >= 0.3 is 0 Å². The number of ketones is 1. The van der Waals surface area contributed by atoms with E-state index in [9.17, 15) is 14.7 Å². The summed E-state index contributed by atoms with van der Waals surface area (Å²) in [6, 6.07) is 7.13. The van der Waals surface area contributed by atoms with E-state index in [0.717, 1.165) is 42.4 Å². The van der Waals surface area contributed by atoms with Crippen molar-refractivity contribution in [2.75, 3.05) is 20.2 Å². The highest BCUT2D eigenvalue weighted by Crippen LogP contribution is 2.40. The van der Waals surface area contributed by atoms with Crippen LogP contribution in [0, 0.1) is 5.41 Å². The van der Waals surface area contributed by atoms with Crippen LogP contribution in [0.3, 0.4) is 0 Å². The standard InChI is InChI=1S/C27H33N3O4.BrH/c1-4-16-10-18(11-20(25(16)32)17-8-6-7-9-17)23(31)15-30-14-19-12-24(34-5-2)22(27(33)29-3)13-21(19)26(30)28;/h10-13,17,28,32H,4-9,14-15H2,1-3H3,(H,29,33);1H.